The summed E-state index contributed by atoms with van der Waals surface area (Å²) in [4.78, 5) is 9.75. The molecule has 1 aliphatic heterocycles. The normalized spacial score (nSPS) is 17.0. The van der Waals surface area contributed by atoms with Gasteiger partial charge in [0.05, 0.1) is 10.6 Å². The molecule has 0 radical (unpaired) electrons. The molecule has 3 rings (SSSR count). The average Bonchev–Trinajstić information content (AvgIpc) is 2.98. The van der Waals surface area contributed by atoms with Crippen molar-refractivity contribution in [1.29, 1.82) is 5.26 Å². The van der Waals surface area contributed by atoms with E-state index in [1.807, 2.05) is 18.0 Å². The Bertz CT molecular complexity index is 824. The van der Waals surface area contributed by atoms with Crippen LogP contribution in [-0.2, 0) is 19.1 Å². The highest BCUT2D eigenvalue weighted by atomic mass is 35.5. The van der Waals surface area contributed by atoms with Crippen molar-refractivity contribution in [2.75, 3.05) is 18.5 Å². The zero-order valence-corrected chi connectivity index (χ0v) is 14.1. The van der Waals surface area contributed by atoms with Gasteiger partial charge in [-0.25, -0.2) is 9.97 Å². The molecule has 1 atom stereocenters. The molecule has 0 aromatic carbocycles. The predicted molar refractivity (Wildman–Crippen MR) is 86.3 cm³/mol. The Morgan fingerprint density at radius 3 is 2.88 bits per heavy atom. The van der Waals surface area contributed by atoms with Gasteiger partial charge in [-0.2, -0.15) is 18.4 Å². The first kappa shape index (κ1) is 17.5. The third kappa shape index (κ3) is 3.71. The molecular formula is C16H15ClF3N5. The maximum Gasteiger partial charge on any atom is 0.434 e. The van der Waals surface area contributed by atoms with Crippen LogP contribution in [0.2, 0.25) is 5.02 Å². The van der Waals surface area contributed by atoms with Gasteiger partial charge in [-0.05, 0) is 18.4 Å². The number of halogens is 4. The zero-order chi connectivity index (χ0) is 18.2. The number of hydrogen-bond donors (Lipinski definition) is 0. The fourth-order valence-corrected chi connectivity index (χ4v) is 3.36. The smallest absolute Gasteiger partial charge is 0.358 e. The van der Waals surface area contributed by atoms with Crippen molar-refractivity contribution < 1.29 is 13.2 Å². The van der Waals surface area contributed by atoms with Gasteiger partial charge in [-0.1, -0.05) is 11.6 Å². The van der Waals surface area contributed by atoms with Crippen LogP contribution in [0.3, 0.4) is 0 Å². The molecule has 3 heterocycles. The highest BCUT2D eigenvalue weighted by Gasteiger charge is 2.35. The summed E-state index contributed by atoms with van der Waals surface area (Å²) in [7, 11) is 1.82. The van der Waals surface area contributed by atoms with Crippen LogP contribution >= 0.6 is 11.6 Å². The van der Waals surface area contributed by atoms with E-state index in [0.29, 0.717) is 41.7 Å². The number of anilines is 1. The van der Waals surface area contributed by atoms with Crippen LogP contribution in [0.5, 0.6) is 0 Å². The van der Waals surface area contributed by atoms with Crippen LogP contribution in [0.4, 0.5) is 19.0 Å². The SMILES string of the molecule is CN(C[C@H]1CCc2nc(C(F)(F)F)cn2C1)c1ncc(C#N)cc1Cl. The number of pyridine rings is 1. The standard InChI is InChI=1S/C16H15ClF3N5/c1-24(15-12(17)4-11(5-21)6-22-15)7-10-2-3-14-23-13(16(18,19)20)9-25(14)8-10/h4,6,9-10H,2-3,7-8H2,1H3/t10-/m1/s1. The highest BCUT2D eigenvalue weighted by molar-refractivity contribution is 6.33. The molecule has 0 aliphatic carbocycles. The van der Waals surface area contributed by atoms with Crippen LogP contribution in [-0.4, -0.2) is 28.1 Å². The van der Waals surface area contributed by atoms with Crippen molar-refractivity contribution in [3.8, 4) is 6.07 Å². The average molecular weight is 370 g/mol. The number of nitriles is 1. The van der Waals surface area contributed by atoms with Gasteiger partial charge in [-0.15, -0.1) is 0 Å². The first-order valence-electron chi connectivity index (χ1n) is 7.68. The minimum atomic E-state index is -4.42. The van der Waals surface area contributed by atoms with Gasteiger partial charge in [0.25, 0.3) is 0 Å². The summed E-state index contributed by atoms with van der Waals surface area (Å²) in [6, 6.07) is 3.52. The maximum atomic E-state index is 12.8. The molecule has 0 unspecified atom stereocenters. The lowest BCUT2D eigenvalue weighted by atomic mass is 9.99. The van der Waals surface area contributed by atoms with E-state index in [1.165, 1.54) is 6.20 Å². The number of rotatable bonds is 3. The van der Waals surface area contributed by atoms with E-state index in [9.17, 15) is 13.2 Å². The van der Waals surface area contributed by atoms with Crippen molar-refractivity contribution in [2.45, 2.75) is 25.6 Å². The molecule has 9 heteroatoms. The predicted octanol–water partition coefficient (Wildman–Crippen LogP) is 3.52. The minimum absolute atomic E-state index is 0.154. The summed E-state index contributed by atoms with van der Waals surface area (Å²) in [5.41, 5.74) is -0.462. The van der Waals surface area contributed by atoms with Crippen LogP contribution < -0.4 is 4.90 Å². The number of hydrogen-bond acceptors (Lipinski definition) is 4. The molecule has 25 heavy (non-hydrogen) atoms. The molecule has 0 spiro atoms. The van der Waals surface area contributed by atoms with E-state index in [4.69, 9.17) is 16.9 Å². The number of nitrogens with zero attached hydrogens (tertiary/aromatic N) is 5. The molecule has 0 bridgehead atoms. The summed E-state index contributed by atoms with van der Waals surface area (Å²) in [5, 5.41) is 9.23. The van der Waals surface area contributed by atoms with Crippen LogP contribution in [0.25, 0.3) is 0 Å². The quantitative estimate of drug-likeness (QED) is 0.830. The molecule has 0 fully saturated rings. The van der Waals surface area contributed by atoms with E-state index in [-0.39, 0.29) is 5.92 Å². The second-order valence-corrected chi connectivity index (χ2v) is 6.53. The molecule has 132 valence electrons. The zero-order valence-electron chi connectivity index (χ0n) is 13.4. The summed E-state index contributed by atoms with van der Waals surface area (Å²) in [6.45, 7) is 1.06. The summed E-state index contributed by atoms with van der Waals surface area (Å²) in [5.74, 6) is 1.18. The maximum absolute atomic E-state index is 12.8. The third-order valence-corrected chi connectivity index (χ3v) is 4.50. The van der Waals surface area contributed by atoms with Gasteiger partial charge in [0.1, 0.15) is 17.7 Å². The van der Waals surface area contributed by atoms with E-state index in [2.05, 4.69) is 9.97 Å². The lowest BCUT2D eigenvalue weighted by Crippen LogP contribution is -2.32. The number of imidazole rings is 1. The molecule has 2 aromatic rings. The fourth-order valence-electron chi connectivity index (χ4n) is 3.05. The molecular weight excluding hydrogens is 355 g/mol. The van der Waals surface area contributed by atoms with Gasteiger partial charge in [-0.3, -0.25) is 0 Å². The van der Waals surface area contributed by atoms with E-state index >= 15 is 0 Å². The number of fused-ring (bicyclic) bond motifs is 1. The van der Waals surface area contributed by atoms with Gasteiger partial charge in [0.15, 0.2) is 5.69 Å². The van der Waals surface area contributed by atoms with Crippen LogP contribution in [0, 0.1) is 17.2 Å². The highest BCUT2D eigenvalue weighted by Crippen LogP contribution is 2.31. The van der Waals surface area contributed by atoms with Gasteiger partial charge in [0, 0.05) is 39.0 Å². The summed E-state index contributed by atoms with van der Waals surface area (Å²) >= 11 is 6.16. The second-order valence-electron chi connectivity index (χ2n) is 6.12. The monoisotopic (exact) mass is 369 g/mol. The summed E-state index contributed by atoms with van der Waals surface area (Å²) < 4.78 is 39.9. The minimum Gasteiger partial charge on any atom is -0.358 e. The number of alkyl halides is 3. The van der Waals surface area contributed by atoms with Crippen molar-refractivity contribution in [3.05, 3.63) is 40.6 Å². The molecule has 1 aliphatic rings. The lowest BCUT2D eigenvalue weighted by molar-refractivity contribution is -0.141. The Morgan fingerprint density at radius 2 is 2.24 bits per heavy atom. The molecule has 5 nitrogen and oxygen atoms in total. The lowest BCUT2D eigenvalue weighted by Gasteiger charge is -2.29. The van der Waals surface area contributed by atoms with E-state index in [0.717, 1.165) is 12.6 Å². The Kier molecular flexibility index (Phi) is 4.60. The Balaban J connectivity index is 1.71. The Labute approximate surface area is 147 Å². The molecule has 0 saturated heterocycles. The number of aryl methyl sites for hydroxylation is 1. The number of aromatic nitrogens is 3. The fraction of sp³-hybridized carbons (Fsp3) is 0.438. The molecule has 0 N–H and O–H groups in total. The van der Waals surface area contributed by atoms with Crippen LogP contribution in [0.15, 0.2) is 18.5 Å². The van der Waals surface area contributed by atoms with Gasteiger partial charge >= 0.3 is 6.18 Å². The molecule has 0 saturated carbocycles. The second kappa shape index (κ2) is 6.56. The van der Waals surface area contributed by atoms with E-state index < -0.39 is 11.9 Å². The van der Waals surface area contributed by atoms with E-state index in [1.54, 1.807) is 10.6 Å². The largest absolute Gasteiger partial charge is 0.434 e. The third-order valence-electron chi connectivity index (χ3n) is 4.23. The Morgan fingerprint density at radius 1 is 1.48 bits per heavy atom. The van der Waals surface area contributed by atoms with Gasteiger partial charge in [0.2, 0.25) is 0 Å². The molecule has 0 amide bonds. The topological polar surface area (TPSA) is 57.7 Å². The summed E-state index contributed by atoms with van der Waals surface area (Å²) in [6.07, 6.45) is -0.650. The molecule has 2 aromatic heterocycles. The van der Waals surface area contributed by atoms with Crippen molar-refractivity contribution >= 4 is 17.4 Å². The van der Waals surface area contributed by atoms with Crippen molar-refractivity contribution in [2.24, 2.45) is 5.92 Å². The first-order chi connectivity index (χ1) is 11.8. The van der Waals surface area contributed by atoms with Crippen molar-refractivity contribution in [1.82, 2.24) is 14.5 Å². The Hall–Kier alpha value is -2.27. The first-order valence-corrected chi connectivity index (χ1v) is 8.05. The van der Waals surface area contributed by atoms with Crippen LogP contribution in [0.1, 0.15) is 23.5 Å². The van der Waals surface area contributed by atoms with Crippen molar-refractivity contribution in [3.63, 3.8) is 0 Å². The van der Waals surface area contributed by atoms with Gasteiger partial charge < -0.3 is 9.47 Å².